The molecule has 1 saturated heterocycles. The third-order valence-electron chi connectivity index (χ3n) is 4.39. The van der Waals surface area contributed by atoms with Crippen molar-refractivity contribution in [2.75, 3.05) is 18.9 Å². The van der Waals surface area contributed by atoms with E-state index in [0.29, 0.717) is 30.8 Å². The van der Waals surface area contributed by atoms with Crippen molar-refractivity contribution >= 4 is 11.7 Å². The standard InChI is InChI=1S/C18H21FN4O/c1-20-17-12-21-11-15(22-17)16-7-4-10-23(16)18(24)9-8-13-5-2-3-6-14(13)19/h2-3,5-6,11-12,16H,4,7-10H2,1H3,(H,20,22)/t16-/m0/s1. The summed E-state index contributed by atoms with van der Waals surface area (Å²) >= 11 is 0. The molecular formula is C18H21FN4O. The summed E-state index contributed by atoms with van der Waals surface area (Å²) in [6.45, 7) is 0.715. The Bertz CT molecular complexity index is 722. The molecule has 1 atom stereocenters. The van der Waals surface area contributed by atoms with Gasteiger partial charge in [0.25, 0.3) is 0 Å². The number of nitrogens with zero attached hydrogens (tertiary/aromatic N) is 3. The fourth-order valence-corrected chi connectivity index (χ4v) is 3.12. The molecule has 0 unspecified atom stereocenters. The van der Waals surface area contributed by atoms with E-state index in [1.807, 2.05) is 4.90 Å². The molecule has 3 rings (SSSR count). The van der Waals surface area contributed by atoms with E-state index in [2.05, 4.69) is 15.3 Å². The molecule has 24 heavy (non-hydrogen) atoms. The zero-order valence-electron chi connectivity index (χ0n) is 13.7. The van der Waals surface area contributed by atoms with E-state index in [1.54, 1.807) is 37.6 Å². The Hall–Kier alpha value is -2.50. The predicted octanol–water partition coefficient (Wildman–Crippen LogP) is 2.95. The summed E-state index contributed by atoms with van der Waals surface area (Å²) in [6.07, 6.45) is 5.92. The van der Waals surface area contributed by atoms with Gasteiger partial charge in [-0.25, -0.2) is 9.37 Å². The molecule has 1 fully saturated rings. The van der Waals surface area contributed by atoms with E-state index < -0.39 is 0 Å². The summed E-state index contributed by atoms with van der Waals surface area (Å²) in [5.74, 6) is 0.478. The Labute approximate surface area is 140 Å². The summed E-state index contributed by atoms with van der Waals surface area (Å²) in [6, 6.07) is 6.56. The molecule has 2 aromatic rings. The zero-order chi connectivity index (χ0) is 16.9. The third-order valence-corrected chi connectivity index (χ3v) is 4.39. The maximum atomic E-state index is 13.7. The maximum Gasteiger partial charge on any atom is 0.223 e. The smallest absolute Gasteiger partial charge is 0.223 e. The zero-order valence-corrected chi connectivity index (χ0v) is 13.7. The minimum atomic E-state index is -0.254. The molecule has 1 N–H and O–H groups in total. The Morgan fingerprint density at radius 3 is 3.00 bits per heavy atom. The monoisotopic (exact) mass is 328 g/mol. The molecule has 0 bridgehead atoms. The molecule has 5 nitrogen and oxygen atoms in total. The number of hydrogen-bond donors (Lipinski definition) is 1. The van der Waals surface area contributed by atoms with Crippen LogP contribution in [0.4, 0.5) is 10.2 Å². The molecular weight excluding hydrogens is 307 g/mol. The van der Waals surface area contributed by atoms with Crippen molar-refractivity contribution in [2.45, 2.75) is 31.7 Å². The SMILES string of the molecule is CNc1cncc([C@@H]2CCCN2C(=O)CCc2ccccc2F)n1. The van der Waals surface area contributed by atoms with Crippen LogP contribution in [0.15, 0.2) is 36.7 Å². The Kier molecular flexibility index (Phi) is 5.03. The maximum absolute atomic E-state index is 13.7. The fourth-order valence-electron chi connectivity index (χ4n) is 3.12. The Balaban J connectivity index is 1.68. The summed E-state index contributed by atoms with van der Waals surface area (Å²) < 4.78 is 13.7. The molecule has 1 aliphatic rings. The number of likely N-dealkylation sites (tertiary alicyclic amines) is 1. The summed E-state index contributed by atoms with van der Waals surface area (Å²) in [5, 5.41) is 2.97. The lowest BCUT2D eigenvalue weighted by Gasteiger charge is -2.24. The minimum Gasteiger partial charge on any atom is -0.372 e. The van der Waals surface area contributed by atoms with Crippen LogP contribution < -0.4 is 5.32 Å². The highest BCUT2D eigenvalue weighted by Gasteiger charge is 2.31. The van der Waals surface area contributed by atoms with Gasteiger partial charge in [-0.3, -0.25) is 9.78 Å². The third kappa shape index (κ3) is 3.53. The molecule has 1 aliphatic heterocycles. The quantitative estimate of drug-likeness (QED) is 0.917. The highest BCUT2D eigenvalue weighted by molar-refractivity contribution is 5.77. The van der Waals surface area contributed by atoms with Crippen molar-refractivity contribution in [3.05, 3.63) is 53.7 Å². The van der Waals surface area contributed by atoms with Crippen molar-refractivity contribution < 1.29 is 9.18 Å². The van der Waals surface area contributed by atoms with E-state index in [9.17, 15) is 9.18 Å². The van der Waals surface area contributed by atoms with Crippen LogP contribution in [-0.2, 0) is 11.2 Å². The molecule has 0 aliphatic carbocycles. The van der Waals surface area contributed by atoms with E-state index in [1.165, 1.54) is 6.07 Å². The number of rotatable bonds is 5. The first-order chi connectivity index (χ1) is 11.7. The van der Waals surface area contributed by atoms with Crippen molar-refractivity contribution in [1.29, 1.82) is 0 Å². The number of carbonyl (C=O) groups is 1. The largest absolute Gasteiger partial charge is 0.372 e. The second-order valence-corrected chi connectivity index (χ2v) is 5.92. The Morgan fingerprint density at radius 2 is 2.21 bits per heavy atom. The molecule has 0 saturated carbocycles. The van der Waals surface area contributed by atoms with Gasteiger partial charge in [0.2, 0.25) is 5.91 Å². The molecule has 6 heteroatoms. The van der Waals surface area contributed by atoms with E-state index in [0.717, 1.165) is 18.5 Å². The summed E-state index contributed by atoms with van der Waals surface area (Å²) in [7, 11) is 1.79. The van der Waals surface area contributed by atoms with Gasteiger partial charge in [0.1, 0.15) is 11.6 Å². The highest BCUT2D eigenvalue weighted by atomic mass is 19.1. The van der Waals surface area contributed by atoms with Crippen molar-refractivity contribution in [2.24, 2.45) is 0 Å². The molecule has 0 spiro atoms. The number of aryl methyl sites for hydroxylation is 1. The van der Waals surface area contributed by atoms with Crippen molar-refractivity contribution in [1.82, 2.24) is 14.9 Å². The van der Waals surface area contributed by atoms with Crippen LogP contribution >= 0.6 is 0 Å². The highest BCUT2D eigenvalue weighted by Crippen LogP contribution is 2.31. The van der Waals surface area contributed by atoms with Gasteiger partial charge in [0, 0.05) is 20.0 Å². The first-order valence-corrected chi connectivity index (χ1v) is 8.21. The molecule has 1 aromatic carbocycles. The normalized spacial score (nSPS) is 17.1. The second kappa shape index (κ2) is 7.38. The second-order valence-electron chi connectivity index (χ2n) is 5.92. The lowest BCUT2D eigenvalue weighted by molar-refractivity contribution is -0.132. The average molecular weight is 328 g/mol. The number of amides is 1. The van der Waals surface area contributed by atoms with Crippen LogP contribution in [0.1, 0.15) is 36.6 Å². The van der Waals surface area contributed by atoms with Gasteiger partial charge in [-0.1, -0.05) is 18.2 Å². The van der Waals surface area contributed by atoms with Gasteiger partial charge in [0.15, 0.2) is 0 Å². The minimum absolute atomic E-state index is 0.0393. The average Bonchev–Trinajstić information content (AvgIpc) is 3.11. The first kappa shape index (κ1) is 16.4. The molecule has 2 heterocycles. The van der Waals surface area contributed by atoms with Crippen molar-refractivity contribution in [3.8, 4) is 0 Å². The van der Waals surface area contributed by atoms with Crippen molar-refractivity contribution in [3.63, 3.8) is 0 Å². The summed E-state index contributed by atoms with van der Waals surface area (Å²) in [4.78, 5) is 23.2. The van der Waals surface area contributed by atoms with E-state index >= 15 is 0 Å². The van der Waals surface area contributed by atoms with E-state index in [4.69, 9.17) is 0 Å². The predicted molar refractivity (Wildman–Crippen MR) is 90.0 cm³/mol. The van der Waals surface area contributed by atoms with Crippen LogP contribution in [0.3, 0.4) is 0 Å². The molecule has 0 radical (unpaired) electrons. The Morgan fingerprint density at radius 1 is 1.38 bits per heavy atom. The van der Waals surface area contributed by atoms with Crippen LogP contribution in [0.25, 0.3) is 0 Å². The number of carbonyl (C=O) groups excluding carboxylic acids is 1. The molecule has 1 aromatic heterocycles. The topological polar surface area (TPSA) is 58.1 Å². The number of benzene rings is 1. The molecule has 1 amide bonds. The van der Waals surface area contributed by atoms with Gasteiger partial charge in [-0.05, 0) is 30.9 Å². The number of nitrogens with one attached hydrogen (secondary N) is 1. The van der Waals surface area contributed by atoms with Gasteiger partial charge >= 0.3 is 0 Å². The van der Waals surface area contributed by atoms with Gasteiger partial charge in [0.05, 0.1) is 24.1 Å². The lowest BCUT2D eigenvalue weighted by atomic mass is 10.1. The number of aromatic nitrogens is 2. The summed E-state index contributed by atoms with van der Waals surface area (Å²) in [5.41, 5.74) is 1.39. The number of anilines is 1. The lowest BCUT2D eigenvalue weighted by Crippen LogP contribution is -2.31. The van der Waals surface area contributed by atoms with Crippen LogP contribution in [0.2, 0.25) is 0 Å². The van der Waals surface area contributed by atoms with Crippen LogP contribution in [-0.4, -0.2) is 34.4 Å². The van der Waals surface area contributed by atoms with Gasteiger partial charge in [-0.2, -0.15) is 0 Å². The first-order valence-electron chi connectivity index (χ1n) is 8.21. The number of hydrogen-bond acceptors (Lipinski definition) is 4. The number of halogens is 1. The van der Waals surface area contributed by atoms with Gasteiger partial charge in [-0.15, -0.1) is 0 Å². The van der Waals surface area contributed by atoms with Crippen LogP contribution in [0, 0.1) is 5.82 Å². The van der Waals surface area contributed by atoms with E-state index in [-0.39, 0.29) is 17.8 Å². The molecule has 126 valence electrons. The fraction of sp³-hybridized carbons (Fsp3) is 0.389. The van der Waals surface area contributed by atoms with Crippen LogP contribution in [0.5, 0.6) is 0 Å². The van der Waals surface area contributed by atoms with Gasteiger partial charge < -0.3 is 10.2 Å².